The van der Waals surface area contributed by atoms with Crippen molar-refractivity contribution in [1.29, 1.82) is 0 Å². The molecule has 2 aromatic carbocycles. The lowest BCUT2D eigenvalue weighted by Crippen LogP contribution is -2.39. The number of hydrogen-bond donors (Lipinski definition) is 0. The first kappa shape index (κ1) is 14.3. The minimum atomic E-state index is -1.51. The molecule has 1 heteroatoms. The molecule has 21 heavy (non-hydrogen) atoms. The molecule has 108 valence electrons. The van der Waals surface area contributed by atoms with Crippen molar-refractivity contribution in [3.63, 3.8) is 0 Å². The average molecular weight is 292 g/mol. The molecular formula is C20H24Si. The van der Waals surface area contributed by atoms with E-state index in [2.05, 4.69) is 93.3 Å². The van der Waals surface area contributed by atoms with E-state index in [1.807, 2.05) is 0 Å². The van der Waals surface area contributed by atoms with Crippen LogP contribution in [0.2, 0.25) is 13.1 Å². The van der Waals surface area contributed by atoms with Gasteiger partial charge in [0.25, 0.3) is 0 Å². The maximum absolute atomic E-state index is 2.62. The minimum absolute atomic E-state index is 0.320. The summed E-state index contributed by atoms with van der Waals surface area (Å²) >= 11 is 0. The molecule has 1 aliphatic rings. The highest BCUT2D eigenvalue weighted by atomic mass is 28.3. The Morgan fingerprint density at radius 3 is 1.95 bits per heavy atom. The highest BCUT2D eigenvalue weighted by Crippen LogP contribution is 2.64. The van der Waals surface area contributed by atoms with Crippen LogP contribution in [-0.4, -0.2) is 8.07 Å². The van der Waals surface area contributed by atoms with Gasteiger partial charge in [0, 0.05) is 5.92 Å². The van der Waals surface area contributed by atoms with E-state index >= 15 is 0 Å². The Hall–Kier alpha value is -1.60. The fourth-order valence-corrected chi connectivity index (χ4v) is 5.97. The van der Waals surface area contributed by atoms with Gasteiger partial charge >= 0.3 is 0 Å². The van der Waals surface area contributed by atoms with Crippen LogP contribution in [0, 0.1) is 5.41 Å². The summed E-state index contributed by atoms with van der Waals surface area (Å²) in [6.07, 6.45) is 0. The fourth-order valence-electron chi connectivity index (χ4n) is 3.43. The van der Waals surface area contributed by atoms with Gasteiger partial charge < -0.3 is 0 Å². The zero-order valence-corrected chi connectivity index (χ0v) is 14.4. The topological polar surface area (TPSA) is 0 Å². The van der Waals surface area contributed by atoms with E-state index in [4.69, 9.17) is 0 Å². The molecule has 0 N–H and O–H groups in total. The summed E-state index contributed by atoms with van der Waals surface area (Å²) in [6, 6.07) is 22.0. The third-order valence-electron chi connectivity index (χ3n) is 4.86. The van der Waals surface area contributed by atoms with Crippen LogP contribution in [0.3, 0.4) is 0 Å². The van der Waals surface area contributed by atoms with Crippen molar-refractivity contribution in [1.82, 2.24) is 0 Å². The number of allylic oxidation sites excluding steroid dienone is 1. The summed E-state index contributed by atoms with van der Waals surface area (Å²) < 4.78 is 0. The van der Waals surface area contributed by atoms with E-state index in [1.165, 1.54) is 10.8 Å². The molecule has 3 rings (SSSR count). The van der Waals surface area contributed by atoms with E-state index in [0.717, 1.165) is 0 Å². The molecule has 0 saturated heterocycles. The van der Waals surface area contributed by atoms with Gasteiger partial charge in [-0.2, -0.15) is 0 Å². The van der Waals surface area contributed by atoms with Crippen LogP contribution in [0.15, 0.2) is 71.9 Å². The zero-order valence-electron chi connectivity index (χ0n) is 13.4. The highest BCUT2D eigenvalue weighted by molar-refractivity contribution is 6.94. The lowest BCUT2D eigenvalue weighted by Gasteiger charge is -2.18. The number of hydrogen-bond acceptors (Lipinski definition) is 0. The largest absolute Gasteiger partial charge is 0.104 e. The first-order chi connectivity index (χ1) is 9.93. The monoisotopic (exact) mass is 292 g/mol. The second-order valence-corrected chi connectivity index (χ2v) is 11.6. The fraction of sp³-hybridized carbons (Fsp3) is 0.300. The highest BCUT2D eigenvalue weighted by Gasteiger charge is 2.53. The van der Waals surface area contributed by atoms with E-state index < -0.39 is 8.07 Å². The van der Waals surface area contributed by atoms with Gasteiger partial charge in [0.15, 0.2) is 0 Å². The molecule has 1 saturated carbocycles. The molecule has 0 amide bonds. The Balaban J connectivity index is 1.94. The van der Waals surface area contributed by atoms with Crippen LogP contribution in [0.1, 0.15) is 25.3 Å². The van der Waals surface area contributed by atoms with Crippen LogP contribution >= 0.6 is 0 Å². The SMILES string of the molecule is CC1(C)/C(=C\[Si](C)(C)c2ccccc2)C1c1ccccc1. The number of rotatable bonds is 3. The van der Waals surface area contributed by atoms with Gasteiger partial charge in [-0.3, -0.25) is 0 Å². The molecular weight excluding hydrogens is 268 g/mol. The van der Waals surface area contributed by atoms with Crippen molar-refractivity contribution >= 4 is 13.3 Å². The quantitative estimate of drug-likeness (QED) is 0.706. The van der Waals surface area contributed by atoms with Crippen molar-refractivity contribution in [2.45, 2.75) is 32.9 Å². The Kier molecular flexibility index (Phi) is 3.41. The standard InChI is InChI=1S/C20H24Si/c1-20(2)18(19(20)16-11-7-5-8-12-16)15-21(3,4)17-13-9-6-10-14-17/h5-15,19H,1-4H3/b18-15-. The van der Waals surface area contributed by atoms with E-state index in [-0.39, 0.29) is 0 Å². The summed E-state index contributed by atoms with van der Waals surface area (Å²) in [6.45, 7) is 9.66. The molecule has 0 spiro atoms. The second-order valence-electron chi connectivity index (χ2n) is 7.25. The van der Waals surface area contributed by atoms with Crippen molar-refractivity contribution in [3.8, 4) is 0 Å². The van der Waals surface area contributed by atoms with Gasteiger partial charge in [-0.05, 0) is 11.0 Å². The molecule has 0 radical (unpaired) electrons. The van der Waals surface area contributed by atoms with Gasteiger partial charge in [0.2, 0.25) is 0 Å². The van der Waals surface area contributed by atoms with Crippen molar-refractivity contribution in [2.75, 3.05) is 0 Å². The van der Waals surface area contributed by atoms with Gasteiger partial charge in [0.1, 0.15) is 8.07 Å². The lowest BCUT2D eigenvalue weighted by atomic mass is 10.0. The molecule has 0 bridgehead atoms. The molecule has 1 atom stereocenters. The first-order valence-electron chi connectivity index (χ1n) is 7.76. The van der Waals surface area contributed by atoms with Crippen LogP contribution in [0.25, 0.3) is 0 Å². The van der Waals surface area contributed by atoms with E-state index in [9.17, 15) is 0 Å². The normalized spacial score (nSPS) is 22.3. The first-order valence-corrected chi connectivity index (χ1v) is 10.8. The minimum Gasteiger partial charge on any atom is -0.0898 e. The van der Waals surface area contributed by atoms with Crippen LogP contribution in [0.4, 0.5) is 0 Å². The van der Waals surface area contributed by atoms with Crippen molar-refractivity contribution < 1.29 is 0 Å². The summed E-state index contributed by atoms with van der Waals surface area (Å²) in [4.78, 5) is 0. The van der Waals surface area contributed by atoms with Gasteiger partial charge in [0.05, 0.1) is 0 Å². The smallest absolute Gasteiger partial charge is 0.0898 e. The average Bonchev–Trinajstić information content (AvgIpc) is 3.01. The maximum Gasteiger partial charge on any atom is 0.104 e. The Bertz CT molecular complexity index is 651. The summed E-state index contributed by atoms with van der Waals surface area (Å²) in [5.41, 5.74) is 6.04. The predicted molar refractivity (Wildman–Crippen MR) is 94.6 cm³/mol. The van der Waals surface area contributed by atoms with Gasteiger partial charge in [-0.15, -0.1) is 0 Å². The zero-order chi connectivity index (χ0) is 15.1. The summed E-state index contributed by atoms with van der Waals surface area (Å²) in [7, 11) is -1.51. The lowest BCUT2D eigenvalue weighted by molar-refractivity contribution is 0.641. The van der Waals surface area contributed by atoms with Crippen LogP contribution < -0.4 is 5.19 Å². The third-order valence-corrected chi connectivity index (χ3v) is 7.71. The predicted octanol–water partition coefficient (Wildman–Crippen LogP) is 4.89. The van der Waals surface area contributed by atoms with Crippen molar-refractivity contribution in [2.24, 2.45) is 5.41 Å². The summed E-state index contributed by atoms with van der Waals surface area (Å²) in [5, 5.41) is 1.52. The van der Waals surface area contributed by atoms with Gasteiger partial charge in [-0.25, -0.2) is 0 Å². The molecule has 1 fully saturated rings. The molecule has 2 aromatic rings. The summed E-state index contributed by atoms with van der Waals surface area (Å²) in [5.74, 6) is 0.606. The molecule has 1 unspecified atom stereocenters. The third kappa shape index (κ3) is 2.63. The molecule has 0 aliphatic heterocycles. The molecule has 1 aliphatic carbocycles. The molecule has 0 nitrogen and oxygen atoms in total. The maximum atomic E-state index is 2.62. The number of benzene rings is 2. The molecule has 0 heterocycles. The van der Waals surface area contributed by atoms with Crippen LogP contribution in [-0.2, 0) is 0 Å². The Labute approximate surface area is 129 Å². The molecule has 0 aromatic heterocycles. The van der Waals surface area contributed by atoms with E-state index in [0.29, 0.717) is 11.3 Å². The van der Waals surface area contributed by atoms with E-state index in [1.54, 1.807) is 5.57 Å². The van der Waals surface area contributed by atoms with Crippen LogP contribution in [0.5, 0.6) is 0 Å². The second kappa shape index (κ2) is 4.99. The Morgan fingerprint density at radius 2 is 1.38 bits per heavy atom. The Morgan fingerprint density at radius 1 is 0.857 bits per heavy atom. The van der Waals surface area contributed by atoms with Gasteiger partial charge in [-0.1, -0.05) is 104 Å². The van der Waals surface area contributed by atoms with Crippen molar-refractivity contribution in [3.05, 3.63) is 77.5 Å².